The van der Waals surface area contributed by atoms with Gasteiger partial charge in [-0.2, -0.15) is 5.10 Å². The molecule has 8 heteroatoms. The highest BCUT2D eigenvalue weighted by atomic mass is 35.5. The van der Waals surface area contributed by atoms with Crippen LogP contribution in [0.25, 0.3) is 17.0 Å². The zero-order valence-corrected chi connectivity index (χ0v) is 16.0. The van der Waals surface area contributed by atoms with Gasteiger partial charge in [0.2, 0.25) is 5.91 Å². The molecule has 2 aromatic heterocycles. The third-order valence-corrected chi connectivity index (χ3v) is 4.18. The third kappa shape index (κ3) is 3.83. The van der Waals surface area contributed by atoms with Crippen molar-refractivity contribution in [2.75, 3.05) is 13.2 Å². The molecule has 7 nitrogen and oxygen atoms in total. The number of carbonyl (C=O) groups excluding carboxylic acids is 1. The lowest BCUT2D eigenvalue weighted by molar-refractivity contribution is -0.119. The van der Waals surface area contributed by atoms with Crippen molar-refractivity contribution in [3.05, 3.63) is 35.0 Å². The van der Waals surface area contributed by atoms with Gasteiger partial charge in [0.1, 0.15) is 17.4 Å². The van der Waals surface area contributed by atoms with Gasteiger partial charge in [-0.25, -0.2) is 0 Å². The van der Waals surface area contributed by atoms with E-state index >= 15 is 0 Å². The van der Waals surface area contributed by atoms with E-state index in [1.807, 2.05) is 24.3 Å². The summed E-state index contributed by atoms with van der Waals surface area (Å²) < 4.78 is 7.12. The Kier molecular flexibility index (Phi) is 4.91. The molecule has 0 atom stereocenters. The molecule has 0 aliphatic carbocycles. The predicted octanol–water partition coefficient (Wildman–Crippen LogP) is 3.19. The standard InChI is InChI=1S/C18H22ClN5O2/c1-11(25)20-9-10-26-13-7-5-12(6-8-13)16-21-17-14(19)15(18(2,3)4)22-24(17)23-16/h5-8H,9-10H2,1-4H3,(H,20,25)(H,21,23). The summed E-state index contributed by atoms with van der Waals surface area (Å²) in [6.07, 6.45) is 0. The van der Waals surface area contributed by atoms with Crippen molar-refractivity contribution < 1.29 is 9.53 Å². The fourth-order valence-corrected chi connectivity index (χ4v) is 2.96. The number of hydrogen-bond donors (Lipinski definition) is 2. The Morgan fingerprint density at radius 2 is 1.96 bits per heavy atom. The van der Waals surface area contributed by atoms with Crippen LogP contribution in [-0.4, -0.2) is 38.9 Å². The lowest BCUT2D eigenvalue weighted by atomic mass is 9.92. The van der Waals surface area contributed by atoms with Crippen LogP contribution in [0.2, 0.25) is 5.02 Å². The minimum absolute atomic E-state index is 0.0694. The molecular weight excluding hydrogens is 354 g/mol. The van der Waals surface area contributed by atoms with Crippen LogP contribution in [0.15, 0.2) is 24.3 Å². The third-order valence-electron chi connectivity index (χ3n) is 3.82. The summed E-state index contributed by atoms with van der Waals surface area (Å²) in [5, 5.41) is 12.3. The van der Waals surface area contributed by atoms with E-state index in [4.69, 9.17) is 16.3 Å². The number of halogens is 1. The zero-order valence-electron chi connectivity index (χ0n) is 15.3. The number of ether oxygens (including phenoxy) is 1. The summed E-state index contributed by atoms with van der Waals surface area (Å²) in [6.45, 7) is 8.55. The largest absolute Gasteiger partial charge is 0.492 e. The summed E-state index contributed by atoms with van der Waals surface area (Å²) in [5.74, 6) is 1.34. The second kappa shape index (κ2) is 6.99. The second-order valence-electron chi connectivity index (χ2n) is 7.08. The monoisotopic (exact) mass is 375 g/mol. The number of nitrogens with zero attached hydrogens (tertiary/aromatic N) is 3. The second-order valence-corrected chi connectivity index (χ2v) is 7.46. The van der Waals surface area contributed by atoms with Gasteiger partial charge in [0, 0.05) is 17.9 Å². The van der Waals surface area contributed by atoms with Gasteiger partial charge >= 0.3 is 0 Å². The van der Waals surface area contributed by atoms with E-state index in [0.29, 0.717) is 29.6 Å². The van der Waals surface area contributed by atoms with Gasteiger partial charge < -0.3 is 15.0 Å². The van der Waals surface area contributed by atoms with Crippen LogP contribution >= 0.6 is 11.6 Å². The molecule has 138 valence electrons. The first-order chi connectivity index (χ1) is 12.3. The average Bonchev–Trinajstić information content (AvgIpc) is 3.11. The number of aromatic amines is 1. The van der Waals surface area contributed by atoms with E-state index < -0.39 is 0 Å². The number of fused-ring (bicyclic) bond motifs is 1. The van der Waals surface area contributed by atoms with Crippen molar-refractivity contribution in [1.82, 2.24) is 25.1 Å². The van der Waals surface area contributed by atoms with Crippen LogP contribution in [0.1, 0.15) is 33.4 Å². The van der Waals surface area contributed by atoms with Crippen molar-refractivity contribution >= 4 is 23.2 Å². The zero-order chi connectivity index (χ0) is 18.9. The van der Waals surface area contributed by atoms with E-state index in [1.54, 1.807) is 0 Å². The molecule has 0 saturated carbocycles. The first-order valence-corrected chi connectivity index (χ1v) is 8.76. The Hall–Kier alpha value is -2.54. The smallest absolute Gasteiger partial charge is 0.216 e. The lowest BCUT2D eigenvalue weighted by Gasteiger charge is -2.14. The minimum atomic E-state index is -0.151. The number of aromatic nitrogens is 4. The number of H-pyrrole nitrogens is 1. The molecule has 3 rings (SSSR count). The molecule has 0 aliphatic heterocycles. The van der Waals surface area contributed by atoms with Gasteiger partial charge in [0.05, 0.1) is 12.2 Å². The van der Waals surface area contributed by atoms with Crippen molar-refractivity contribution in [3.8, 4) is 17.1 Å². The summed E-state index contributed by atoms with van der Waals surface area (Å²) in [5.41, 5.74) is 2.25. The van der Waals surface area contributed by atoms with Crippen molar-refractivity contribution in [2.24, 2.45) is 0 Å². The molecule has 26 heavy (non-hydrogen) atoms. The van der Waals surface area contributed by atoms with Crippen LogP contribution in [0.5, 0.6) is 5.75 Å². The van der Waals surface area contributed by atoms with Crippen LogP contribution < -0.4 is 10.1 Å². The van der Waals surface area contributed by atoms with Gasteiger partial charge in [-0.1, -0.05) is 32.4 Å². The van der Waals surface area contributed by atoms with Crippen molar-refractivity contribution in [2.45, 2.75) is 33.1 Å². The minimum Gasteiger partial charge on any atom is -0.492 e. The highest BCUT2D eigenvalue weighted by Gasteiger charge is 2.25. The fourth-order valence-electron chi connectivity index (χ4n) is 2.51. The van der Waals surface area contributed by atoms with Gasteiger partial charge in [0.25, 0.3) is 0 Å². The molecule has 3 aromatic rings. The molecule has 1 aromatic carbocycles. The quantitative estimate of drug-likeness (QED) is 0.671. The number of benzene rings is 1. The highest BCUT2D eigenvalue weighted by molar-refractivity contribution is 6.34. The molecule has 0 bridgehead atoms. The summed E-state index contributed by atoms with van der Waals surface area (Å²) in [7, 11) is 0. The molecule has 0 aliphatic rings. The van der Waals surface area contributed by atoms with Crippen LogP contribution in [-0.2, 0) is 10.2 Å². The fraction of sp³-hybridized carbons (Fsp3) is 0.389. The molecule has 0 radical (unpaired) electrons. The molecule has 2 N–H and O–H groups in total. The summed E-state index contributed by atoms with van der Waals surface area (Å²) in [4.78, 5) is 14.0. The first-order valence-electron chi connectivity index (χ1n) is 8.38. The van der Waals surface area contributed by atoms with E-state index in [0.717, 1.165) is 17.0 Å². The van der Waals surface area contributed by atoms with Gasteiger partial charge in [-0.3, -0.25) is 4.79 Å². The molecule has 0 saturated heterocycles. The molecule has 0 unspecified atom stereocenters. The van der Waals surface area contributed by atoms with E-state index in [9.17, 15) is 4.79 Å². The van der Waals surface area contributed by atoms with Gasteiger partial charge in [-0.05, 0) is 24.3 Å². The first kappa shape index (κ1) is 18.3. The van der Waals surface area contributed by atoms with E-state index in [1.165, 1.54) is 11.6 Å². The number of rotatable bonds is 5. The number of nitrogens with one attached hydrogen (secondary N) is 2. The topological polar surface area (TPSA) is 84.3 Å². The number of amides is 1. The number of carbonyl (C=O) groups is 1. The Balaban J connectivity index is 1.74. The Labute approximate surface area is 156 Å². The maximum absolute atomic E-state index is 10.8. The average molecular weight is 376 g/mol. The summed E-state index contributed by atoms with van der Waals surface area (Å²) >= 11 is 6.46. The van der Waals surface area contributed by atoms with Crippen LogP contribution in [0, 0.1) is 0 Å². The maximum Gasteiger partial charge on any atom is 0.216 e. The van der Waals surface area contributed by atoms with Crippen molar-refractivity contribution in [3.63, 3.8) is 0 Å². The Morgan fingerprint density at radius 3 is 2.54 bits per heavy atom. The molecular formula is C18H22ClN5O2. The summed E-state index contributed by atoms with van der Waals surface area (Å²) in [6, 6.07) is 7.53. The Morgan fingerprint density at radius 1 is 1.27 bits per heavy atom. The lowest BCUT2D eigenvalue weighted by Crippen LogP contribution is -2.25. The van der Waals surface area contributed by atoms with E-state index in [2.05, 4.69) is 41.3 Å². The van der Waals surface area contributed by atoms with Crippen molar-refractivity contribution in [1.29, 1.82) is 0 Å². The molecule has 1 amide bonds. The van der Waals surface area contributed by atoms with Gasteiger partial charge in [-0.15, -0.1) is 9.73 Å². The Bertz CT molecular complexity index is 922. The molecule has 2 heterocycles. The number of hydrogen-bond acceptors (Lipinski definition) is 4. The normalized spacial score (nSPS) is 11.7. The maximum atomic E-state index is 10.8. The predicted molar refractivity (Wildman–Crippen MR) is 101 cm³/mol. The molecule has 0 fully saturated rings. The SMILES string of the molecule is CC(=O)NCCOc1ccc(-c2nn3nc(C(C)(C)C)c(Cl)c3[nH]2)cc1. The highest BCUT2D eigenvalue weighted by Crippen LogP contribution is 2.31. The van der Waals surface area contributed by atoms with Crippen LogP contribution in [0.3, 0.4) is 0 Å². The molecule has 0 spiro atoms. The van der Waals surface area contributed by atoms with E-state index in [-0.39, 0.29) is 11.3 Å². The van der Waals surface area contributed by atoms with Crippen LogP contribution in [0.4, 0.5) is 0 Å². The van der Waals surface area contributed by atoms with Gasteiger partial charge in [0.15, 0.2) is 11.5 Å².